The Morgan fingerprint density at radius 1 is 0.885 bits per heavy atom. The lowest BCUT2D eigenvalue weighted by molar-refractivity contribution is -0.107. The second kappa shape index (κ2) is 14.8. The normalized spacial score (nSPS) is 27.6. The highest BCUT2D eigenvalue weighted by molar-refractivity contribution is 4.93. The second-order valence-corrected chi connectivity index (χ2v) is 7.49. The van der Waals surface area contributed by atoms with Gasteiger partial charge >= 0.3 is 0 Å². The van der Waals surface area contributed by atoms with E-state index >= 15 is 0 Å². The van der Waals surface area contributed by atoms with Gasteiger partial charge in [-0.3, -0.25) is 0 Å². The van der Waals surface area contributed by atoms with E-state index in [1.54, 1.807) is 0 Å². The van der Waals surface area contributed by atoms with Crippen LogP contribution in [-0.2, 0) is 9.47 Å². The summed E-state index contributed by atoms with van der Waals surface area (Å²) in [4.78, 5) is 0. The largest absolute Gasteiger partial charge is 0.389 e. The first-order chi connectivity index (χ1) is 12.6. The molecule has 0 radical (unpaired) electrons. The number of nitrogens with one attached hydrogen (secondary N) is 1. The highest BCUT2D eigenvalue weighted by Gasteiger charge is 2.37. The molecule has 1 aliphatic heterocycles. The van der Waals surface area contributed by atoms with Gasteiger partial charge in [0.25, 0.3) is 0 Å². The van der Waals surface area contributed by atoms with E-state index in [2.05, 4.69) is 19.2 Å². The number of β-amino-alcohol motifs (C(OH)–C–C–N with tert-alkyl or cyclic N) is 1. The van der Waals surface area contributed by atoms with E-state index in [4.69, 9.17) is 9.47 Å². The molecule has 6 nitrogen and oxygen atoms in total. The maximum absolute atomic E-state index is 10.2. The summed E-state index contributed by atoms with van der Waals surface area (Å²) >= 11 is 0. The van der Waals surface area contributed by atoms with Gasteiger partial charge in [-0.15, -0.1) is 0 Å². The number of hydrogen-bond donors (Lipinski definition) is 4. The van der Waals surface area contributed by atoms with Crippen molar-refractivity contribution in [2.75, 3.05) is 26.4 Å². The lowest BCUT2D eigenvalue weighted by Gasteiger charge is -2.37. The predicted octanol–water partition coefficient (Wildman–Crippen LogP) is 1.99. The fraction of sp³-hybridized carbons (Fsp3) is 1.00. The minimum absolute atomic E-state index is 0.114. The molecule has 1 fully saturated rings. The van der Waals surface area contributed by atoms with Crippen LogP contribution >= 0.6 is 0 Å². The molecule has 1 aliphatic rings. The first-order valence-corrected chi connectivity index (χ1v) is 10.6. The SMILES string of the molecule is CCCCCCOC[C@H](C[C@H]1NC[C@@H](O)[C@H](O)[C@H]1O)OCCCCCC. The Kier molecular flexibility index (Phi) is 13.5. The van der Waals surface area contributed by atoms with E-state index in [-0.39, 0.29) is 18.7 Å². The topological polar surface area (TPSA) is 91.2 Å². The fourth-order valence-electron chi connectivity index (χ4n) is 3.29. The number of ether oxygens (including phenoxy) is 2. The van der Waals surface area contributed by atoms with E-state index < -0.39 is 18.3 Å². The van der Waals surface area contributed by atoms with Gasteiger partial charge in [0, 0.05) is 25.8 Å². The average molecular weight is 376 g/mol. The molecular weight excluding hydrogens is 334 g/mol. The van der Waals surface area contributed by atoms with Crippen LogP contribution in [0.1, 0.15) is 71.6 Å². The Morgan fingerprint density at radius 3 is 2.19 bits per heavy atom. The minimum atomic E-state index is -1.11. The Hall–Kier alpha value is -0.240. The first-order valence-electron chi connectivity index (χ1n) is 10.6. The monoisotopic (exact) mass is 375 g/mol. The molecule has 0 aromatic rings. The van der Waals surface area contributed by atoms with Crippen molar-refractivity contribution in [3.05, 3.63) is 0 Å². The fourth-order valence-corrected chi connectivity index (χ4v) is 3.29. The quantitative estimate of drug-likeness (QED) is 0.327. The molecule has 26 heavy (non-hydrogen) atoms. The van der Waals surface area contributed by atoms with Gasteiger partial charge in [0.2, 0.25) is 0 Å². The number of rotatable bonds is 15. The van der Waals surface area contributed by atoms with Gasteiger partial charge in [-0.05, 0) is 19.3 Å². The second-order valence-electron chi connectivity index (χ2n) is 7.49. The standard InChI is InChI=1S/C20H41NO5/c1-3-5-7-9-11-25-15-16(26-12-10-8-6-4-2)13-17-19(23)20(24)18(22)14-21-17/h16-24H,3-15H2,1-2H3/t16-,17+,18+,19-,20-/m0/s1. The van der Waals surface area contributed by atoms with E-state index in [0.717, 1.165) is 25.9 Å². The molecule has 156 valence electrons. The highest BCUT2D eigenvalue weighted by atomic mass is 16.5. The van der Waals surface area contributed by atoms with Crippen LogP contribution in [0.2, 0.25) is 0 Å². The molecule has 0 aliphatic carbocycles. The summed E-state index contributed by atoms with van der Waals surface area (Å²) in [6, 6.07) is -0.294. The lowest BCUT2D eigenvalue weighted by Crippen LogP contribution is -2.60. The summed E-state index contributed by atoms with van der Waals surface area (Å²) < 4.78 is 11.8. The highest BCUT2D eigenvalue weighted by Crippen LogP contribution is 2.17. The molecule has 1 saturated heterocycles. The molecule has 0 unspecified atom stereocenters. The van der Waals surface area contributed by atoms with Gasteiger partial charge in [0.1, 0.15) is 6.10 Å². The van der Waals surface area contributed by atoms with Gasteiger partial charge in [0.05, 0.1) is 24.9 Å². The summed E-state index contributed by atoms with van der Waals surface area (Å²) in [5.41, 5.74) is 0. The molecule has 5 atom stereocenters. The number of hydrogen-bond acceptors (Lipinski definition) is 6. The maximum Gasteiger partial charge on any atom is 0.108 e. The molecule has 0 saturated carbocycles. The zero-order valence-electron chi connectivity index (χ0n) is 16.7. The van der Waals surface area contributed by atoms with Crippen LogP contribution in [0.5, 0.6) is 0 Å². The van der Waals surface area contributed by atoms with Gasteiger partial charge < -0.3 is 30.1 Å². The number of aliphatic hydroxyl groups excluding tert-OH is 3. The molecule has 1 rings (SSSR count). The summed E-state index contributed by atoms with van der Waals surface area (Å²) in [6.07, 6.45) is 6.72. The van der Waals surface area contributed by atoms with Crippen molar-refractivity contribution >= 4 is 0 Å². The van der Waals surface area contributed by atoms with E-state index in [1.807, 2.05) is 0 Å². The molecule has 0 aromatic heterocycles. The molecule has 4 N–H and O–H groups in total. The lowest BCUT2D eigenvalue weighted by atomic mass is 9.92. The Morgan fingerprint density at radius 2 is 1.54 bits per heavy atom. The number of aliphatic hydroxyl groups is 3. The Balaban J connectivity index is 2.37. The van der Waals surface area contributed by atoms with E-state index in [9.17, 15) is 15.3 Å². The van der Waals surface area contributed by atoms with Crippen LogP contribution in [0.3, 0.4) is 0 Å². The Bertz CT molecular complexity index is 331. The average Bonchev–Trinajstić information content (AvgIpc) is 2.64. The molecule has 1 heterocycles. The van der Waals surface area contributed by atoms with Crippen molar-refractivity contribution in [1.29, 1.82) is 0 Å². The summed E-state index contributed by atoms with van der Waals surface area (Å²) in [5.74, 6) is 0. The van der Waals surface area contributed by atoms with E-state index in [0.29, 0.717) is 19.6 Å². The number of piperidine rings is 1. The zero-order chi connectivity index (χ0) is 19.2. The van der Waals surface area contributed by atoms with Gasteiger partial charge in [0.15, 0.2) is 0 Å². The van der Waals surface area contributed by atoms with Crippen molar-refractivity contribution in [3.63, 3.8) is 0 Å². The van der Waals surface area contributed by atoms with Crippen LogP contribution in [-0.4, -0.2) is 72.1 Å². The van der Waals surface area contributed by atoms with Crippen molar-refractivity contribution in [2.24, 2.45) is 0 Å². The first kappa shape index (κ1) is 23.8. The van der Waals surface area contributed by atoms with E-state index in [1.165, 1.54) is 32.1 Å². The third-order valence-corrected chi connectivity index (χ3v) is 5.06. The smallest absolute Gasteiger partial charge is 0.108 e. The minimum Gasteiger partial charge on any atom is -0.389 e. The van der Waals surface area contributed by atoms with Gasteiger partial charge in [-0.2, -0.15) is 0 Å². The predicted molar refractivity (Wildman–Crippen MR) is 103 cm³/mol. The maximum atomic E-state index is 10.2. The summed E-state index contributed by atoms with van der Waals surface area (Å²) in [7, 11) is 0. The number of unbranched alkanes of at least 4 members (excludes halogenated alkanes) is 6. The molecule has 0 amide bonds. The summed E-state index contributed by atoms with van der Waals surface area (Å²) in [6.45, 7) is 6.59. The molecule has 0 aromatic carbocycles. The third kappa shape index (κ3) is 9.62. The van der Waals surface area contributed by atoms with Crippen molar-refractivity contribution in [2.45, 2.75) is 102 Å². The van der Waals surface area contributed by atoms with Crippen LogP contribution < -0.4 is 5.32 Å². The van der Waals surface area contributed by atoms with Crippen molar-refractivity contribution in [1.82, 2.24) is 5.32 Å². The van der Waals surface area contributed by atoms with Crippen LogP contribution in [0, 0.1) is 0 Å². The molecule has 6 heteroatoms. The van der Waals surface area contributed by atoms with Crippen molar-refractivity contribution in [3.8, 4) is 0 Å². The van der Waals surface area contributed by atoms with Gasteiger partial charge in [-0.1, -0.05) is 52.4 Å². The molecular formula is C20H41NO5. The molecule has 0 spiro atoms. The van der Waals surface area contributed by atoms with Crippen LogP contribution in [0.15, 0.2) is 0 Å². The Labute approximate surface area is 159 Å². The van der Waals surface area contributed by atoms with Crippen LogP contribution in [0.25, 0.3) is 0 Å². The van der Waals surface area contributed by atoms with Gasteiger partial charge in [-0.25, -0.2) is 0 Å². The zero-order valence-corrected chi connectivity index (χ0v) is 16.7. The summed E-state index contributed by atoms with van der Waals surface area (Å²) in [5, 5.41) is 32.8. The third-order valence-electron chi connectivity index (χ3n) is 5.06. The molecule has 0 bridgehead atoms. The van der Waals surface area contributed by atoms with Crippen LogP contribution in [0.4, 0.5) is 0 Å². The van der Waals surface area contributed by atoms with Crippen molar-refractivity contribution < 1.29 is 24.8 Å².